The number of nitrogens with one attached hydrogen (secondary N) is 1. The Bertz CT molecular complexity index is 1110. The quantitative estimate of drug-likeness (QED) is 0.407. The van der Waals surface area contributed by atoms with Crippen molar-refractivity contribution in [3.8, 4) is 23.8 Å². The van der Waals surface area contributed by atoms with E-state index < -0.39 is 0 Å². The van der Waals surface area contributed by atoms with Gasteiger partial charge >= 0.3 is 0 Å². The van der Waals surface area contributed by atoms with Crippen LogP contribution in [0.1, 0.15) is 18.4 Å². The molecule has 1 N–H and O–H groups in total. The van der Waals surface area contributed by atoms with E-state index in [-0.39, 0.29) is 0 Å². The van der Waals surface area contributed by atoms with Gasteiger partial charge in [-0.1, -0.05) is 12.0 Å². The fourth-order valence-corrected chi connectivity index (χ4v) is 3.92. The number of fused-ring (bicyclic) bond motifs is 1. The molecule has 1 aliphatic rings. The molecule has 7 heteroatoms. The number of ether oxygens (including phenoxy) is 3. The third kappa shape index (κ3) is 5.10. The Morgan fingerprint density at radius 2 is 2.09 bits per heavy atom. The summed E-state index contributed by atoms with van der Waals surface area (Å²) in [6, 6.07) is 11.5. The summed E-state index contributed by atoms with van der Waals surface area (Å²) in [5.41, 5.74) is 2.43. The number of likely N-dealkylation sites (tertiary alicyclic amines) is 1. The van der Waals surface area contributed by atoms with E-state index >= 15 is 0 Å². The second kappa shape index (κ2) is 10.3. The Balaban J connectivity index is 1.48. The smallest absolute Gasteiger partial charge is 0.162 e. The van der Waals surface area contributed by atoms with E-state index in [0.29, 0.717) is 30.0 Å². The second-order valence-electron chi connectivity index (χ2n) is 7.74. The number of anilines is 2. The van der Waals surface area contributed by atoms with Crippen molar-refractivity contribution in [1.82, 2.24) is 14.9 Å². The number of hydrogen-bond acceptors (Lipinski definition) is 7. The highest BCUT2D eigenvalue weighted by atomic mass is 16.5. The van der Waals surface area contributed by atoms with E-state index in [1.165, 1.54) is 6.33 Å². The molecule has 0 aliphatic carbocycles. The molecule has 2 aromatic carbocycles. The van der Waals surface area contributed by atoms with Crippen molar-refractivity contribution in [2.45, 2.75) is 18.9 Å². The Morgan fingerprint density at radius 1 is 1.19 bits per heavy atom. The lowest BCUT2D eigenvalue weighted by molar-refractivity contribution is 0.107. The van der Waals surface area contributed by atoms with E-state index in [1.54, 1.807) is 14.2 Å². The van der Waals surface area contributed by atoms with Crippen LogP contribution < -0.4 is 14.8 Å². The van der Waals surface area contributed by atoms with E-state index in [2.05, 4.69) is 26.1 Å². The monoisotopic (exact) mass is 432 g/mol. The van der Waals surface area contributed by atoms with Gasteiger partial charge in [0, 0.05) is 49.4 Å². The molecule has 166 valence electrons. The highest BCUT2D eigenvalue weighted by Crippen LogP contribution is 2.35. The normalized spacial score (nSPS) is 16.1. The molecule has 1 aromatic heterocycles. The van der Waals surface area contributed by atoms with Crippen LogP contribution in [0.2, 0.25) is 0 Å². The summed E-state index contributed by atoms with van der Waals surface area (Å²) in [7, 11) is 3.41. The zero-order valence-electron chi connectivity index (χ0n) is 18.5. The summed E-state index contributed by atoms with van der Waals surface area (Å²) in [6.07, 6.45) is 9.42. The number of methoxy groups -OCH3 is 2. The molecule has 0 saturated carbocycles. The van der Waals surface area contributed by atoms with Gasteiger partial charge in [0.25, 0.3) is 0 Å². The summed E-state index contributed by atoms with van der Waals surface area (Å²) in [4.78, 5) is 11.2. The van der Waals surface area contributed by atoms with Gasteiger partial charge in [-0.2, -0.15) is 0 Å². The van der Waals surface area contributed by atoms with E-state index in [4.69, 9.17) is 20.6 Å². The van der Waals surface area contributed by atoms with Crippen LogP contribution in [0.15, 0.2) is 42.7 Å². The van der Waals surface area contributed by atoms with Gasteiger partial charge in [-0.15, -0.1) is 6.42 Å². The third-order valence-corrected chi connectivity index (χ3v) is 5.65. The molecule has 3 aromatic rings. The van der Waals surface area contributed by atoms with Gasteiger partial charge in [-0.25, -0.2) is 9.97 Å². The van der Waals surface area contributed by atoms with Gasteiger partial charge in [0.2, 0.25) is 0 Å². The van der Waals surface area contributed by atoms with Crippen molar-refractivity contribution < 1.29 is 14.2 Å². The maximum absolute atomic E-state index is 6.10. The second-order valence-corrected chi connectivity index (χ2v) is 7.74. The average molecular weight is 433 g/mol. The van der Waals surface area contributed by atoms with Crippen molar-refractivity contribution in [3.63, 3.8) is 0 Å². The number of hydrogen-bond donors (Lipinski definition) is 1. The average Bonchev–Trinajstić information content (AvgIpc) is 3.30. The minimum Gasteiger partial charge on any atom is -0.493 e. The molecule has 0 amide bonds. The molecule has 4 rings (SSSR count). The molecule has 32 heavy (non-hydrogen) atoms. The minimum atomic E-state index is 0.351. The summed E-state index contributed by atoms with van der Waals surface area (Å²) in [6.45, 7) is 3.64. The molecular formula is C25H28N4O3. The number of aromatic nitrogens is 2. The third-order valence-electron chi connectivity index (χ3n) is 5.65. The first-order valence-corrected chi connectivity index (χ1v) is 10.7. The van der Waals surface area contributed by atoms with E-state index in [1.807, 2.05) is 36.4 Å². The van der Waals surface area contributed by atoms with Crippen LogP contribution in [0.25, 0.3) is 10.9 Å². The van der Waals surface area contributed by atoms with Crippen molar-refractivity contribution in [3.05, 3.63) is 48.3 Å². The topological polar surface area (TPSA) is 68.7 Å². The summed E-state index contributed by atoms with van der Waals surface area (Å²) >= 11 is 0. The molecule has 1 aliphatic heterocycles. The molecule has 1 atom stereocenters. The Morgan fingerprint density at radius 3 is 2.88 bits per heavy atom. The molecule has 0 unspecified atom stereocenters. The first kappa shape index (κ1) is 21.9. The van der Waals surface area contributed by atoms with Crippen LogP contribution in [0.5, 0.6) is 11.5 Å². The Hall–Kier alpha value is -3.34. The van der Waals surface area contributed by atoms with Crippen LogP contribution >= 0.6 is 0 Å². The van der Waals surface area contributed by atoms with Crippen LogP contribution in [-0.4, -0.2) is 61.4 Å². The molecule has 0 bridgehead atoms. The first-order valence-electron chi connectivity index (χ1n) is 10.7. The summed E-state index contributed by atoms with van der Waals surface area (Å²) < 4.78 is 17.1. The molecule has 1 fully saturated rings. The minimum absolute atomic E-state index is 0.351. The van der Waals surface area contributed by atoms with Gasteiger partial charge < -0.3 is 24.4 Å². The predicted octanol–water partition coefficient (Wildman–Crippen LogP) is 3.85. The zero-order chi connectivity index (χ0) is 22.3. The van der Waals surface area contributed by atoms with Crippen molar-refractivity contribution in [2.75, 3.05) is 45.8 Å². The Kier molecular flexibility index (Phi) is 7.05. The molecule has 7 nitrogen and oxygen atoms in total. The maximum Gasteiger partial charge on any atom is 0.162 e. The molecular weight excluding hydrogens is 404 g/mol. The van der Waals surface area contributed by atoms with Crippen molar-refractivity contribution in [2.24, 2.45) is 0 Å². The highest BCUT2D eigenvalue weighted by Gasteiger charge is 2.21. The lowest BCUT2D eigenvalue weighted by Gasteiger charge is -2.17. The van der Waals surface area contributed by atoms with E-state index in [0.717, 1.165) is 54.6 Å². The standard InChI is InChI=1S/C25H28N4O3/c1-4-18-7-5-8-19(13-18)28-25-21-14-24(23(31-3)15-22(21)26-17-27-25)32-12-6-10-29-11-9-20(16-29)30-2/h1,5,7-8,13-15,17,20H,6,9-12,16H2,2-3H3,(H,26,27,28)/t20-/m0/s1. The molecule has 0 spiro atoms. The number of terminal acetylenes is 1. The molecule has 1 saturated heterocycles. The van der Waals surface area contributed by atoms with Gasteiger partial charge in [0.15, 0.2) is 11.5 Å². The van der Waals surface area contributed by atoms with E-state index in [9.17, 15) is 0 Å². The lowest BCUT2D eigenvalue weighted by atomic mass is 10.2. The molecule has 2 heterocycles. The number of benzene rings is 2. The molecule has 0 radical (unpaired) electrons. The van der Waals surface area contributed by atoms with Gasteiger partial charge in [-0.3, -0.25) is 0 Å². The van der Waals surface area contributed by atoms with Gasteiger partial charge in [-0.05, 0) is 37.1 Å². The lowest BCUT2D eigenvalue weighted by Crippen LogP contribution is -2.25. The van der Waals surface area contributed by atoms with Gasteiger partial charge in [0.05, 0.1) is 25.3 Å². The highest BCUT2D eigenvalue weighted by molar-refractivity contribution is 5.93. The van der Waals surface area contributed by atoms with Crippen LogP contribution in [0, 0.1) is 12.3 Å². The Labute approximate surface area is 188 Å². The SMILES string of the molecule is C#Cc1cccc(Nc2ncnc3cc(OC)c(OCCCN4CC[C@H](OC)C4)cc23)c1. The number of nitrogens with zero attached hydrogens (tertiary/aromatic N) is 3. The van der Waals surface area contributed by atoms with Crippen LogP contribution in [0.3, 0.4) is 0 Å². The predicted molar refractivity (Wildman–Crippen MR) is 126 cm³/mol. The summed E-state index contributed by atoms with van der Waals surface area (Å²) in [5, 5.41) is 4.18. The number of rotatable bonds is 9. The van der Waals surface area contributed by atoms with Crippen molar-refractivity contribution >= 4 is 22.4 Å². The van der Waals surface area contributed by atoms with Crippen LogP contribution in [0.4, 0.5) is 11.5 Å². The maximum atomic E-state index is 6.10. The van der Waals surface area contributed by atoms with Gasteiger partial charge in [0.1, 0.15) is 12.1 Å². The fraction of sp³-hybridized carbons (Fsp3) is 0.360. The first-order chi connectivity index (χ1) is 15.7. The van der Waals surface area contributed by atoms with Crippen molar-refractivity contribution in [1.29, 1.82) is 0 Å². The fourth-order valence-electron chi connectivity index (χ4n) is 3.92. The van der Waals surface area contributed by atoms with Crippen LogP contribution in [-0.2, 0) is 4.74 Å². The zero-order valence-corrected chi connectivity index (χ0v) is 18.5. The largest absolute Gasteiger partial charge is 0.493 e. The summed E-state index contributed by atoms with van der Waals surface area (Å²) in [5.74, 6) is 4.65.